The number of aryl methyl sites for hydroxylation is 1. The summed E-state index contributed by atoms with van der Waals surface area (Å²) in [6.45, 7) is 5.21. The molecule has 0 atom stereocenters. The first-order chi connectivity index (χ1) is 16.3. The van der Waals surface area contributed by atoms with Crippen molar-refractivity contribution in [3.8, 4) is 0 Å². The SMILES string of the molecule is Cc1nn(Cc2ccccc2)c(C)c1S(=O)(=O)N1CCN(C(=O)c2cc3ccccc3[nH]2)CC1. The van der Waals surface area contributed by atoms with E-state index in [2.05, 4.69) is 10.1 Å². The van der Waals surface area contributed by atoms with Crippen molar-refractivity contribution in [3.05, 3.63) is 83.3 Å². The van der Waals surface area contributed by atoms with Gasteiger partial charge in [0.05, 0.1) is 17.9 Å². The van der Waals surface area contributed by atoms with E-state index >= 15 is 0 Å². The Balaban J connectivity index is 1.31. The van der Waals surface area contributed by atoms with Crippen LogP contribution in [0.15, 0.2) is 65.6 Å². The van der Waals surface area contributed by atoms with Gasteiger partial charge in [0.25, 0.3) is 5.91 Å². The van der Waals surface area contributed by atoms with Crippen molar-refractivity contribution in [2.24, 2.45) is 0 Å². The largest absolute Gasteiger partial charge is 0.351 e. The van der Waals surface area contributed by atoms with Crippen LogP contribution in [0.4, 0.5) is 0 Å². The van der Waals surface area contributed by atoms with Gasteiger partial charge in [0.1, 0.15) is 10.6 Å². The molecule has 1 amide bonds. The van der Waals surface area contributed by atoms with E-state index in [-0.39, 0.29) is 23.9 Å². The van der Waals surface area contributed by atoms with Crippen molar-refractivity contribution < 1.29 is 13.2 Å². The number of rotatable bonds is 5. The van der Waals surface area contributed by atoms with Crippen LogP contribution < -0.4 is 0 Å². The standard InChI is InChI=1S/C25H27N5O3S/c1-18-24(19(2)30(27-18)17-20-8-4-3-5-9-20)34(32,33)29-14-12-28(13-15-29)25(31)23-16-21-10-6-7-11-22(21)26-23/h3-11,16,26H,12-15,17H2,1-2H3. The summed E-state index contributed by atoms with van der Waals surface area (Å²) in [5.74, 6) is -0.115. The second kappa shape index (κ2) is 8.73. The van der Waals surface area contributed by atoms with E-state index in [9.17, 15) is 13.2 Å². The van der Waals surface area contributed by atoms with Crippen LogP contribution in [0.5, 0.6) is 0 Å². The summed E-state index contributed by atoms with van der Waals surface area (Å²) in [5, 5.41) is 5.49. The van der Waals surface area contributed by atoms with Gasteiger partial charge in [-0.25, -0.2) is 8.42 Å². The van der Waals surface area contributed by atoms with Gasteiger partial charge in [0.15, 0.2) is 0 Å². The fourth-order valence-electron chi connectivity index (χ4n) is 4.58. The molecule has 0 bridgehead atoms. The second-order valence-corrected chi connectivity index (χ2v) is 10.5. The van der Waals surface area contributed by atoms with Crippen molar-refractivity contribution in [2.45, 2.75) is 25.3 Å². The highest BCUT2D eigenvalue weighted by Crippen LogP contribution is 2.26. The average Bonchev–Trinajstić information content (AvgIpc) is 3.40. The van der Waals surface area contributed by atoms with Gasteiger partial charge in [-0.05, 0) is 31.5 Å². The molecular weight excluding hydrogens is 450 g/mol. The summed E-state index contributed by atoms with van der Waals surface area (Å²) < 4.78 is 30.3. The molecule has 0 unspecified atom stereocenters. The highest BCUT2D eigenvalue weighted by atomic mass is 32.2. The fourth-order valence-corrected chi connectivity index (χ4v) is 6.38. The summed E-state index contributed by atoms with van der Waals surface area (Å²) in [7, 11) is -3.72. The number of H-pyrrole nitrogens is 1. The Morgan fingerprint density at radius 1 is 0.971 bits per heavy atom. The van der Waals surface area contributed by atoms with E-state index in [1.807, 2.05) is 60.7 Å². The molecule has 3 heterocycles. The second-order valence-electron chi connectivity index (χ2n) is 8.61. The Morgan fingerprint density at radius 2 is 1.65 bits per heavy atom. The molecule has 34 heavy (non-hydrogen) atoms. The van der Waals surface area contributed by atoms with Crippen molar-refractivity contribution >= 4 is 26.8 Å². The molecule has 0 saturated carbocycles. The van der Waals surface area contributed by atoms with Crippen LogP contribution in [0.25, 0.3) is 10.9 Å². The number of carbonyl (C=O) groups is 1. The maximum absolute atomic E-state index is 13.5. The molecule has 9 heteroatoms. The molecule has 1 fully saturated rings. The summed E-state index contributed by atoms with van der Waals surface area (Å²) in [4.78, 5) is 18.1. The number of nitrogens with zero attached hydrogens (tertiary/aromatic N) is 4. The molecular formula is C25H27N5O3S. The number of carbonyl (C=O) groups excluding carboxylic acids is 1. The van der Waals surface area contributed by atoms with Gasteiger partial charge in [-0.2, -0.15) is 9.40 Å². The van der Waals surface area contributed by atoms with E-state index in [4.69, 9.17) is 0 Å². The van der Waals surface area contributed by atoms with Gasteiger partial charge >= 0.3 is 0 Å². The molecule has 2 aromatic carbocycles. The number of aromatic amines is 1. The molecule has 5 rings (SSSR count). The first-order valence-electron chi connectivity index (χ1n) is 11.3. The third-order valence-electron chi connectivity index (χ3n) is 6.37. The van der Waals surface area contributed by atoms with Gasteiger partial charge in [-0.3, -0.25) is 9.48 Å². The zero-order valence-electron chi connectivity index (χ0n) is 19.2. The van der Waals surface area contributed by atoms with Crippen molar-refractivity contribution in [1.82, 2.24) is 24.0 Å². The lowest BCUT2D eigenvalue weighted by Gasteiger charge is -2.33. The number of para-hydroxylation sites is 1. The fraction of sp³-hybridized carbons (Fsp3) is 0.280. The number of benzene rings is 2. The minimum absolute atomic E-state index is 0.115. The van der Waals surface area contributed by atoms with E-state index in [0.717, 1.165) is 16.5 Å². The molecule has 4 aromatic rings. The molecule has 8 nitrogen and oxygen atoms in total. The molecule has 1 aliphatic rings. The summed E-state index contributed by atoms with van der Waals surface area (Å²) in [6.07, 6.45) is 0. The average molecular weight is 478 g/mol. The molecule has 0 spiro atoms. The van der Waals surface area contributed by atoms with Crippen LogP contribution in [0, 0.1) is 13.8 Å². The normalized spacial score (nSPS) is 15.2. The third-order valence-corrected chi connectivity index (χ3v) is 8.53. The molecule has 1 saturated heterocycles. The third kappa shape index (κ3) is 4.01. The van der Waals surface area contributed by atoms with Gasteiger partial charge in [0, 0.05) is 37.1 Å². The van der Waals surface area contributed by atoms with Gasteiger partial charge in [-0.1, -0.05) is 48.5 Å². The number of amides is 1. The van der Waals surface area contributed by atoms with Crippen molar-refractivity contribution in [2.75, 3.05) is 26.2 Å². The summed E-state index contributed by atoms with van der Waals surface area (Å²) in [6, 6.07) is 19.4. The number of aromatic nitrogens is 3. The van der Waals surface area contributed by atoms with Gasteiger partial charge < -0.3 is 9.88 Å². The van der Waals surface area contributed by atoms with Crippen LogP contribution in [-0.4, -0.2) is 64.5 Å². The number of piperazine rings is 1. The number of hydrogen-bond donors (Lipinski definition) is 1. The highest BCUT2D eigenvalue weighted by Gasteiger charge is 2.34. The molecule has 0 aliphatic carbocycles. The number of sulfonamides is 1. The lowest BCUT2D eigenvalue weighted by molar-refractivity contribution is 0.0693. The molecule has 1 N–H and O–H groups in total. The van der Waals surface area contributed by atoms with Crippen LogP contribution in [0.2, 0.25) is 0 Å². The minimum Gasteiger partial charge on any atom is -0.351 e. The number of nitrogens with one attached hydrogen (secondary N) is 1. The van der Waals surface area contributed by atoms with Crippen molar-refractivity contribution in [3.63, 3.8) is 0 Å². The van der Waals surface area contributed by atoms with Crippen LogP contribution in [-0.2, 0) is 16.6 Å². The van der Waals surface area contributed by atoms with Gasteiger partial charge in [0.2, 0.25) is 10.0 Å². The monoisotopic (exact) mass is 477 g/mol. The minimum atomic E-state index is -3.72. The molecule has 1 aliphatic heterocycles. The lowest BCUT2D eigenvalue weighted by atomic mass is 10.2. The molecule has 176 valence electrons. The summed E-state index contributed by atoms with van der Waals surface area (Å²) in [5.41, 5.74) is 3.60. The highest BCUT2D eigenvalue weighted by molar-refractivity contribution is 7.89. The predicted octanol–water partition coefficient (Wildman–Crippen LogP) is 3.18. The topological polar surface area (TPSA) is 91.3 Å². The van der Waals surface area contributed by atoms with Crippen LogP contribution in [0.1, 0.15) is 27.4 Å². The Morgan fingerprint density at radius 3 is 2.35 bits per heavy atom. The zero-order valence-corrected chi connectivity index (χ0v) is 20.0. The van der Waals surface area contributed by atoms with E-state index in [0.29, 0.717) is 36.7 Å². The van der Waals surface area contributed by atoms with E-state index in [1.54, 1.807) is 23.4 Å². The first kappa shape index (κ1) is 22.4. The Labute approximate surface area is 198 Å². The quantitative estimate of drug-likeness (QED) is 0.478. The first-order valence-corrected chi connectivity index (χ1v) is 12.7. The van der Waals surface area contributed by atoms with Gasteiger partial charge in [-0.15, -0.1) is 0 Å². The van der Waals surface area contributed by atoms with E-state index in [1.165, 1.54) is 4.31 Å². The Bertz CT molecular complexity index is 1420. The number of fused-ring (bicyclic) bond motifs is 1. The smallest absolute Gasteiger partial charge is 0.270 e. The summed E-state index contributed by atoms with van der Waals surface area (Å²) >= 11 is 0. The number of hydrogen-bond acceptors (Lipinski definition) is 4. The Hall–Kier alpha value is -3.43. The molecule has 2 aromatic heterocycles. The van der Waals surface area contributed by atoms with Crippen molar-refractivity contribution in [1.29, 1.82) is 0 Å². The lowest BCUT2D eigenvalue weighted by Crippen LogP contribution is -2.50. The Kier molecular flexibility index (Phi) is 5.75. The maximum Gasteiger partial charge on any atom is 0.270 e. The predicted molar refractivity (Wildman–Crippen MR) is 130 cm³/mol. The van der Waals surface area contributed by atoms with Crippen LogP contribution >= 0.6 is 0 Å². The van der Waals surface area contributed by atoms with E-state index < -0.39 is 10.0 Å². The molecule has 0 radical (unpaired) electrons. The van der Waals surface area contributed by atoms with Crippen LogP contribution in [0.3, 0.4) is 0 Å². The maximum atomic E-state index is 13.5. The zero-order chi connectivity index (χ0) is 23.9.